The fourth-order valence-corrected chi connectivity index (χ4v) is 6.19. The van der Waals surface area contributed by atoms with Gasteiger partial charge in [-0.2, -0.15) is 4.31 Å². The number of hydrogen-bond donors (Lipinski definition) is 6. The number of rotatable bonds is 6. The van der Waals surface area contributed by atoms with E-state index in [1.54, 1.807) is 0 Å². The molecule has 0 atom stereocenters. The predicted molar refractivity (Wildman–Crippen MR) is 60.4 cm³/mol. The summed E-state index contributed by atoms with van der Waals surface area (Å²) in [5.41, 5.74) is 0. The Morgan fingerprint density at radius 3 is 1.18 bits per heavy atom. The lowest BCUT2D eigenvalue weighted by Crippen LogP contribution is -1.96. The summed E-state index contributed by atoms with van der Waals surface area (Å²) >= 11 is 7.68. The van der Waals surface area contributed by atoms with Crippen molar-refractivity contribution in [1.29, 1.82) is 0 Å². The molecule has 0 amide bonds. The highest BCUT2D eigenvalue weighted by Crippen LogP contribution is 2.72. The van der Waals surface area contributed by atoms with Crippen LogP contribution in [0.3, 0.4) is 0 Å². The molecule has 0 saturated carbocycles. The van der Waals surface area contributed by atoms with Crippen LogP contribution in [-0.4, -0.2) is 29.4 Å². The molecule has 6 N–H and O–H groups in total. The van der Waals surface area contributed by atoms with Gasteiger partial charge in [0.15, 0.2) is 0 Å². The molecule has 104 valence electrons. The molecule has 0 unspecified atom stereocenters. The highest BCUT2D eigenvalue weighted by molar-refractivity contribution is 8.10. The third-order valence-electron chi connectivity index (χ3n) is 0.619. The molecular formula is H6O11P4S2. The van der Waals surface area contributed by atoms with Crippen LogP contribution in [0.1, 0.15) is 0 Å². The Morgan fingerprint density at radius 1 is 0.706 bits per heavy atom. The van der Waals surface area contributed by atoms with E-state index in [9.17, 15) is 9.13 Å². The van der Waals surface area contributed by atoms with Crippen LogP contribution in [0.25, 0.3) is 0 Å². The van der Waals surface area contributed by atoms with Gasteiger partial charge in [-0.1, -0.05) is 0 Å². The van der Waals surface area contributed by atoms with E-state index in [0.717, 1.165) is 0 Å². The first-order valence-corrected chi connectivity index (χ1v) is 11.3. The highest BCUT2D eigenvalue weighted by Gasteiger charge is 2.43. The van der Waals surface area contributed by atoms with Crippen molar-refractivity contribution in [2.45, 2.75) is 0 Å². The van der Waals surface area contributed by atoms with Crippen LogP contribution < -0.4 is 0 Å². The van der Waals surface area contributed by atoms with Gasteiger partial charge in [-0.3, -0.25) is 0 Å². The normalized spacial score (nSPS) is 14.9. The molecule has 0 saturated heterocycles. The maximum Gasteiger partial charge on any atom is 0.498 e. The van der Waals surface area contributed by atoms with Crippen LogP contribution >= 0.6 is 29.1 Å². The second-order valence-corrected chi connectivity index (χ2v) is 10.8. The Labute approximate surface area is 104 Å². The summed E-state index contributed by atoms with van der Waals surface area (Å²) < 4.78 is 32.6. The summed E-state index contributed by atoms with van der Waals surface area (Å²) in [5, 5.41) is 0. The zero-order valence-electron chi connectivity index (χ0n) is 7.33. The lowest BCUT2D eigenvalue weighted by molar-refractivity contribution is 0.217. The molecule has 0 aromatic heterocycles. The predicted octanol–water partition coefficient (Wildman–Crippen LogP) is -0.345. The standard InChI is InChI=1S/H6O11P4S2/c1-12(2,3)9-15(8,10-13(4,5)16)11-14(6,7)17/h(H2,1,2,3)(H2,4,5,16)(H2,6,7,17). The Hall–Kier alpha value is 1.40. The molecule has 0 radical (unpaired) electrons. The number of hydrogen-bond acceptors (Lipinski definition) is 7. The molecular weight excluding hydrogens is 364 g/mol. The molecule has 0 aromatic carbocycles. The largest absolute Gasteiger partial charge is 0.498 e. The summed E-state index contributed by atoms with van der Waals surface area (Å²) in [7, 11) is -10.9. The minimum atomic E-state index is -5.47. The van der Waals surface area contributed by atoms with Crippen molar-refractivity contribution >= 4 is 52.7 Å². The Bertz CT molecular complexity index is 380. The summed E-state index contributed by atoms with van der Waals surface area (Å²) in [6.45, 7) is -9.47. The van der Waals surface area contributed by atoms with Crippen molar-refractivity contribution in [1.82, 2.24) is 0 Å². The zero-order valence-corrected chi connectivity index (χ0v) is 12.5. The van der Waals surface area contributed by atoms with Crippen molar-refractivity contribution in [3.05, 3.63) is 0 Å². The van der Waals surface area contributed by atoms with Crippen LogP contribution in [-0.2, 0) is 45.7 Å². The molecule has 0 heterocycles. The van der Waals surface area contributed by atoms with Crippen LogP contribution in [0.4, 0.5) is 0 Å². The lowest BCUT2D eigenvalue weighted by Gasteiger charge is -2.20. The van der Waals surface area contributed by atoms with E-state index in [0.29, 0.717) is 0 Å². The van der Waals surface area contributed by atoms with Crippen LogP contribution in [0.5, 0.6) is 0 Å². The third-order valence-corrected chi connectivity index (χ3v) is 6.77. The fourth-order valence-electron chi connectivity index (χ4n) is 0.436. The molecule has 0 aromatic rings. The Morgan fingerprint density at radius 2 is 1.00 bits per heavy atom. The molecule has 0 fully saturated rings. The van der Waals surface area contributed by atoms with Gasteiger partial charge < -0.3 is 29.4 Å². The molecule has 0 rings (SSSR count). The summed E-state index contributed by atoms with van der Waals surface area (Å²) in [6, 6.07) is 0. The van der Waals surface area contributed by atoms with Gasteiger partial charge in [0.1, 0.15) is 0 Å². The van der Waals surface area contributed by atoms with Gasteiger partial charge >= 0.3 is 29.1 Å². The van der Waals surface area contributed by atoms with Gasteiger partial charge in [0.25, 0.3) is 0 Å². The molecule has 0 aliphatic rings. The van der Waals surface area contributed by atoms with Gasteiger partial charge in [-0.05, 0) is 23.6 Å². The maximum absolute atomic E-state index is 11.4. The minimum Gasteiger partial charge on any atom is -0.324 e. The van der Waals surface area contributed by atoms with E-state index in [4.69, 9.17) is 29.4 Å². The highest BCUT2D eigenvalue weighted by atomic mass is 32.5. The molecule has 0 spiro atoms. The topological polar surface area (TPSA) is 183 Å². The van der Waals surface area contributed by atoms with E-state index in [1.807, 2.05) is 0 Å². The van der Waals surface area contributed by atoms with Crippen molar-refractivity contribution in [2.75, 3.05) is 0 Å². The van der Waals surface area contributed by atoms with E-state index in [1.165, 1.54) is 0 Å². The Kier molecular flexibility index (Phi) is 6.28. The summed E-state index contributed by atoms with van der Waals surface area (Å²) in [5.74, 6) is 0. The first kappa shape index (κ1) is 18.4. The van der Waals surface area contributed by atoms with E-state index in [2.05, 4.69) is 36.5 Å². The van der Waals surface area contributed by atoms with E-state index < -0.39 is 29.1 Å². The molecule has 17 heavy (non-hydrogen) atoms. The maximum atomic E-state index is 11.4. The van der Waals surface area contributed by atoms with Crippen LogP contribution in [0.15, 0.2) is 0 Å². The van der Waals surface area contributed by atoms with Crippen molar-refractivity contribution < 1.29 is 51.4 Å². The van der Waals surface area contributed by atoms with Gasteiger partial charge in [0, 0.05) is 0 Å². The van der Waals surface area contributed by atoms with Crippen molar-refractivity contribution in [3.63, 3.8) is 0 Å². The summed E-state index contributed by atoms with van der Waals surface area (Å²) in [6.07, 6.45) is 0. The van der Waals surface area contributed by atoms with Crippen LogP contribution in [0, 0.1) is 0 Å². The quantitative estimate of drug-likeness (QED) is 0.334. The van der Waals surface area contributed by atoms with Crippen LogP contribution in [0.2, 0.25) is 0 Å². The summed E-state index contributed by atoms with van der Waals surface area (Å²) in [4.78, 5) is 51.2. The molecule has 17 heteroatoms. The minimum absolute atomic E-state index is 3.44. The van der Waals surface area contributed by atoms with Crippen molar-refractivity contribution in [3.8, 4) is 0 Å². The zero-order chi connectivity index (χ0) is 14.1. The molecule has 0 aliphatic heterocycles. The first-order chi connectivity index (χ1) is 7.12. The SMILES string of the molecule is O=P(O)(O)OP(=O)(OP(O)(O)=S)OP(O)(O)=S. The average molecular weight is 370 g/mol. The van der Waals surface area contributed by atoms with Crippen molar-refractivity contribution in [2.24, 2.45) is 0 Å². The second kappa shape index (κ2) is 5.80. The fraction of sp³-hybridized carbons (Fsp3) is 0. The molecule has 0 aliphatic carbocycles. The monoisotopic (exact) mass is 370 g/mol. The lowest BCUT2D eigenvalue weighted by atomic mass is 15.7. The second-order valence-electron chi connectivity index (χ2n) is 2.16. The van der Waals surface area contributed by atoms with Gasteiger partial charge in [0.05, 0.1) is 0 Å². The number of phosphoric acid groups is 2. The van der Waals surface area contributed by atoms with Gasteiger partial charge in [0.2, 0.25) is 0 Å². The third kappa shape index (κ3) is 11.0. The van der Waals surface area contributed by atoms with E-state index in [-0.39, 0.29) is 0 Å². The Balaban J connectivity index is 5.24. The average Bonchev–Trinajstić information content (AvgIpc) is 1.65. The smallest absolute Gasteiger partial charge is 0.324 e. The molecule has 0 bridgehead atoms. The van der Waals surface area contributed by atoms with E-state index >= 15 is 0 Å². The molecule has 11 nitrogen and oxygen atoms in total. The van der Waals surface area contributed by atoms with Gasteiger partial charge in [-0.15, -0.1) is 0 Å². The first-order valence-electron chi connectivity index (χ1n) is 3.03. The van der Waals surface area contributed by atoms with Gasteiger partial charge in [-0.25, -0.2) is 17.8 Å².